The molecule has 0 fully saturated rings. The maximum Gasteiger partial charge on any atom is 0.0798 e. The van der Waals surface area contributed by atoms with Gasteiger partial charge in [-0.1, -0.05) is 52.0 Å². The Hall–Kier alpha value is -0.764. The average Bonchev–Trinajstić information content (AvgIpc) is 2.44. The number of hydrogen-bond donors (Lipinski definition) is 0. The van der Waals surface area contributed by atoms with Crippen LogP contribution in [0.25, 0.3) is 11.3 Å². The molecule has 0 unspecified atom stereocenters. The van der Waals surface area contributed by atoms with Crippen LogP contribution in [0.4, 0.5) is 0 Å². The van der Waals surface area contributed by atoms with Gasteiger partial charge < -0.3 is 4.98 Å². The fraction of sp³-hybridized carbons (Fsp3) is 0.421. The molecule has 1 nitrogen and oxygen atoms in total. The van der Waals surface area contributed by atoms with E-state index in [4.69, 9.17) is 4.11 Å². The number of nitrogens with zero attached hydrogens (tertiary/aromatic N) is 1. The van der Waals surface area contributed by atoms with Crippen LogP contribution < -0.4 is 5.19 Å². The Labute approximate surface area is 154 Å². The van der Waals surface area contributed by atoms with Crippen LogP contribution in [0.3, 0.4) is 0 Å². The quantitative estimate of drug-likeness (QED) is 0.438. The van der Waals surface area contributed by atoms with Gasteiger partial charge in [-0.3, -0.25) is 0 Å². The minimum absolute atomic E-state index is 0. The second-order valence-electron chi connectivity index (χ2n) is 7.61. The molecule has 1 aromatic heterocycles. The topological polar surface area (TPSA) is 12.9 Å². The summed E-state index contributed by atoms with van der Waals surface area (Å²) in [6.45, 7) is 10.8. The van der Waals surface area contributed by atoms with Crippen LogP contribution in [0, 0.1) is 12.9 Å². The Kier molecular flexibility index (Phi) is 4.56. The second-order valence-corrected chi connectivity index (χ2v) is 12.6. The van der Waals surface area contributed by atoms with Crippen LogP contribution in [-0.4, -0.2) is 13.1 Å². The van der Waals surface area contributed by atoms with Crippen molar-refractivity contribution in [2.24, 2.45) is 0 Å². The molecule has 0 aliphatic carbocycles. The maximum atomic E-state index is 7.91. The summed E-state index contributed by atoms with van der Waals surface area (Å²) < 4.78 is 23.7. The zero-order valence-electron chi connectivity index (χ0n) is 17.2. The molecule has 121 valence electrons. The van der Waals surface area contributed by atoms with Crippen LogP contribution in [0.2, 0.25) is 19.6 Å². The molecule has 0 amide bonds. The summed E-state index contributed by atoms with van der Waals surface area (Å²) in [5, 5.41) is 0.901. The van der Waals surface area contributed by atoms with Crippen molar-refractivity contribution in [3.63, 3.8) is 0 Å². The summed E-state index contributed by atoms with van der Waals surface area (Å²) in [7, 11) is -1.79. The molecular formula is C19H26IrNSi-. The standard InChI is InChI=1S/C19H26NSi.Ir/c1-14-11-17(20-13-18(14)21(5,6)7)15-9-8-10-16(12-15)19(2,3)4;/h8,10-13H,1-7H3;/q-1;/i1D3;. The van der Waals surface area contributed by atoms with Crippen LogP contribution in [0.15, 0.2) is 30.5 Å². The van der Waals surface area contributed by atoms with Crippen molar-refractivity contribution in [3.8, 4) is 11.3 Å². The largest absolute Gasteiger partial charge is 0.305 e. The van der Waals surface area contributed by atoms with Gasteiger partial charge in [-0.25, -0.2) is 0 Å². The molecule has 0 spiro atoms. The van der Waals surface area contributed by atoms with Gasteiger partial charge in [0.15, 0.2) is 0 Å². The van der Waals surface area contributed by atoms with Crippen LogP contribution in [0.5, 0.6) is 0 Å². The summed E-state index contributed by atoms with van der Waals surface area (Å²) in [5.41, 5.74) is 3.16. The number of hydrogen-bond acceptors (Lipinski definition) is 1. The Morgan fingerprint density at radius 2 is 1.86 bits per heavy atom. The SMILES string of the molecule is [2H]C([2H])([2H])c1cc(-c2[c-]ccc(C(C)(C)C)c2)ncc1[Si](C)(C)C.[Ir]. The van der Waals surface area contributed by atoms with E-state index in [2.05, 4.69) is 57.5 Å². The Morgan fingerprint density at radius 3 is 2.41 bits per heavy atom. The van der Waals surface area contributed by atoms with E-state index in [1.165, 1.54) is 5.56 Å². The summed E-state index contributed by atoms with van der Waals surface area (Å²) in [6, 6.07) is 10.9. The normalized spacial score (nSPS) is 14.5. The monoisotopic (exact) mass is 492 g/mol. The van der Waals surface area contributed by atoms with E-state index in [1.807, 2.05) is 12.1 Å². The Bertz CT molecular complexity index is 744. The summed E-state index contributed by atoms with van der Waals surface area (Å²) in [6.07, 6.45) is 1.76. The molecule has 3 heteroatoms. The molecule has 1 radical (unpaired) electrons. The number of rotatable bonds is 2. The van der Waals surface area contributed by atoms with Crippen molar-refractivity contribution in [3.05, 3.63) is 47.7 Å². The van der Waals surface area contributed by atoms with Crippen molar-refractivity contribution in [2.75, 3.05) is 0 Å². The van der Waals surface area contributed by atoms with Gasteiger partial charge in [-0.2, -0.15) is 0 Å². The zero-order valence-corrected chi connectivity index (χ0v) is 17.6. The Morgan fingerprint density at radius 1 is 1.18 bits per heavy atom. The molecule has 0 aliphatic heterocycles. The van der Waals surface area contributed by atoms with Gasteiger partial charge >= 0.3 is 0 Å². The molecule has 0 saturated heterocycles. The van der Waals surface area contributed by atoms with Gasteiger partial charge in [0.05, 0.1) is 8.07 Å². The van der Waals surface area contributed by atoms with E-state index in [0.29, 0.717) is 11.3 Å². The molecule has 1 heterocycles. The van der Waals surface area contributed by atoms with Gasteiger partial charge in [0.25, 0.3) is 0 Å². The van der Waals surface area contributed by atoms with Crippen LogP contribution >= 0.6 is 0 Å². The van der Waals surface area contributed by atoms with Gasteiger partial charge in [0.2, 0.25) is 0 Å². The van der Waals surface area contributed by atoms with Crippen molar-refractivity contribution in [2.45, 2.75) is 52.7 Å². The van der Waals surface area contributed by atoms with Crippen molar-refractivity contribution >= 4 is 13.3 Å². The predicted molar refractivity (Wildman–Crippen MR) is 94.9 cm³/mol. The first-order valence-corrected chi connectivity index (χ1v) is 10.8. The molecule has 0 bridgehead atoms. The average molecular weight is 492 g/mol. The number of aryl methyl sites for hydroxylation is 1. The molecular weight excluding hydrogens is 463 g/mol. The van der Waals surface area contributed by atoms with E-state index in [9.17, 15) is 0 Å². The van der Waals surface area contributed by atoms with E-state index < -0.39 is 14.9 Å². The van der Waals surface area contributed by atoms with Crippen LogP contribution in [0.1, 0.15) is 36.0 Å². The fourth-order valence-corrected chi connectivity index (χ4v) is 3.61. The molecule has 0 atom stereocenters. The number of aromatic nitrogens is 1. The molecule has 22 heavy (non-hydrogen) atoms. The zero-order chi connectivity index (χ0) is 18.3. The number of pyridine rings is 1. The molecule has 0 saturated carbocycles. The Balaban J connectivity index is 0.00000312. The molecule has 2 rings (SSSR count). The van der Waals surface area contributed by atoms with Crippen molar-refractivity contribution in [1.82, 2.24) is 4.98 Å². The summed E-state index contributed by atoms with van der Waals surface area (Å²) in [5.74, 6) is 0. The molecule has 1 aromatic carbocycles. The maximum absolute atomic E-state index is 7.91. The smallest absolute Gasteiger partial charge is 0.0798 e. The third-order valence-corrected chi connectivity index (χ3v) is 5.67. The summed E-state index contributed by atoms with van der Waals surface area (Å²) >= 11 is 0. The van der Waals surface area contributed by atoms with Crippen molar-refractivity contribution in [1.29, 1.82) is 0 Å². The second kappa shape index (κ2) is 6.78. The first-order chi connectivity index (χ1) is 10.8. The van der Waals surface area contributed by atoms with Gasteiger partial charge in [-0.15, -0.1) is 35.4 Å². The van der Waals surface area contributed by atoms with E-state index >= 15 is 0 Å². The van der Waals surface area contributed by atoms with Crippen LogP contribution in [-0.2, 0) is 25.5 Å². The number of benzene rings is 1. The van der Waals surface area contributed by atoms with Gasteiger partial charge in [-0.05, 0) is 23.1 Å². The third kappa shape index (κ3) is 4.38. The minimum Gasteiger partial charge on any atom is -0.305 e. The fourth-order valence-electron chi connectivity index (χ4n) is 2.28. The van der Waals surface area contributed by atoms with Gasteiger partial charge in [0.1, 0.15) is 0 Å². The first-order valence-electron chi connectivity index (χ1n) is 8.84. The molecule has 2 aromatic rings. The van der Waals surface area contributed by atoms with E-state index in [0.717, 1.165) is 10.8 Å². The molecule has 0 aliphatic rings. The van der Waals surface area contributed by atoms with Gasteiger partial charge in [0, 0.05) is 30.4 Å². The van der Waals surface area contributed by atoms with E-state index in [-0.39, 0.29) is 25.5 Å². The predicted octanol–water partition coefficient (Wildman–Crippen LogP) is 4.70. The van der Waals surface area contributed by atoms with Crippen molar-refractivity contribution < 1.29 is 24.2 Å². The minimum atomic E-state index is -2.13. The third-order valence-electron chi connectivity index (χ3n) is 3.66. The molecule has 0 N–H and O–H groups in total. The van der Waals surface area contributed by atoms with E-state index in [1.54, 1.807) is 12.3 Å². The first kappa shape index (κ1) is 14.8. The summed E-state index contributed by atoms with van der Waals surface area (Å²) in [4.78, 5) is 4.57.